The highest BCUT2D eigenvalue weighted by Gasteiger charge is 2.15. The van der Waals surface area contributed by atoms with Crippen molar-refractivity contribution in [2.24, 2.45) is 0 Å². The van der Waals surface area contributed by atoms with Crippen LogP contribution in [-0.4, -0.2) is 20.5 Å². The molecule has 0 unspecified atom stereocenters. The summed E-state index contributed by atoms with van der Waals surface area (Å²) in [6.07, 6.45) is 0. The van der Waals surface area contributed by atoms with Crippen molar-refractivity contribution < 1.29 is 8.85 Å². The van der Waals surface area contributed by atoms with E-state index in [0.717, 1.165) is 5.19 Å². The van der Waals surface area contributed by atoms with Gasteiger partial charge in [0.25, 0.3) is 0 Å². The predicted molar refractivity (Wildman–Crippen MR) is 73.5 cm³/mol. The lowest BCUT2D eigenvalue weighted by molar-refractivity contribution is 0.0408. The molecule has 1 rings (SSSR count). The first-order valence-electron chi connectivity index (χ1n) is 5.98. The zero-order valence-electron chi connectivity index (χ0n) is 11.7. The van der Waals surface area contributed by atoms with Gasteiger partial charge in [0, 0.05) is 20.5 Å². The van der Waals surface area contributed by atoms with Gasteiger partial charge in [-0.15, -0.1) is 5.19 Å². The minimum atomic E-state index is -1.44. The molecule has 0 radical (unpaired) electrons. The van der Waals surface area contributed by atoms with Crippen molar-refractivity contribution >= 4 is 14.5 Å². The Morgan fingerprint density at radius 1 is 0.765 bits per heavy atom. The molecule has 0 fully saturated rings. The Balaban J connectivity index is 2.87. The van der Waals surface area contributed by atoms with Crippen molar-refractivity contribution in [1.29, 1.82) is 0 Å². The third-order valence-corrected chi connectivity index (χ3v) is 4.21. The average molecular weight is 251 g/mol. The van der Waals surface area contributed by atoms with Crippen molar-refractivity contribution in [3.63, 3.8) is 0 Å². The minimum Gasteiger partial charge on any atom is -0.536 e. The Morgan fingerprint density at radius 3 is 1.53 bits per heavy atom. The summed E-state index contributed by atoms with van der Waals surface area (Å²) in [6.45, 7) is 12.4. The summed E-state index contributed by atoms with van der Waals surface area (Å²) < 4.78 is 12.2. The molecule has 2 nitrogen and oxygen atoms in total. The largest absolute Gasteiger partial charge is 0.536 e. The zero-order valence-corrected chi connectivity index (χ0v) is 12.7. The summed E-state index contributed by atoms with van der Waals surface area (Å²) in [6, 6.07) is 10.2. The second-order valence-electron chi connectivity index (χ2n) is 6.08. The van der Waals surface area contributed by atoms with E-state index < -0.39 is 9.28 Å². The first kappa shape index (κ1) is 14.4. The van der Waals surface area contributed by atoms with Crippen molar-refractivity contribution in [3.8, 4) is 0 Å². The van der Waals surface area contributed by atoms with Crippen molar-refractivity contribution in [3.05, 3.63) is 30.3 Å². The maximum atomic E-state index is 6.08. The molecule has 17 heavy (non-hydrogen) atoms. The summed E-state index contributed by atoms with van der Waals surface area (Å²) in [4.78, 5) is 0. The molecule has 0 amide bonds. The lowest BCUT2D eigenvalue weighted by Gasteiger charge is -2.44. The van der Waals surface area contributed by atoms with Crippen LogP contribution in [0.15, 0.2) is 30.3 Å². The van der Waals surface area contributed by atoms with Gasteiger partial charge in [0.2, 0.25) is 0 Å². The Kier molecular flexibility index (Phi) is 4.53. The maximum absolute atomic E-state index is 6.08. The number of benzene rings is 1. The first-order chi connectivity index (χ1) is 7.67. The van der Waals surface area contributed by atoms with Gasteiger partial charge >= 0.3 is 0 Å². The molecule has 0 aliphatic rings. The molecule has 0 aliphatic carbocycles. The van der Waals surface area contributed by atoms with Crippen LogP contribution >= 0.6 is 0 Å². The Hall–Kier alpha value is -0.643. The fraction of sp³-hybridized carbons (Fsp3) is 0.571. The zero-order chi connectivity index (χ0) is 13.1. The molecular weight excluding hydrogens is 228 g/mol. The van der Waals surface area contributed by atoms with E-state index in [1.807, 2.05) is 18.2 Å². The summed E-state index contributed by atoms with van der Waals surface area (Å²) in [7, 11) is -1.44. The van der Waals surface area contributed by atoms with E-state index in [9.17, 15) is 0 Å². The molecule has 96 valence electrons. The molecule has 0 aromatic heterocycles. The van der Waals surface area contributed by atoms with Crippen LogP contribution in [0.25, 0.3) is 0 Å². The van der Waals surface area contributed by atoms with Crippen LogP contribution in [0.4, 0.5) is 0 Å². The van der Waals surface area contributed by atoms with Gasteiger partial charge in [-0.1, -0.05) is 30.3 Å². The van der Waals surface area contributed by atoms with Crippen LogP contribution in [0, 0.1) is 0 Å². The summed E-state index contributed by atoms with van der Waals surface area (Å²) in [5, 5.41) is 1.15. The Morgan fingerprint density at radius 2 is 1.18 bits per heavy atom. The standard InChI is InChI=1S/C14H23O2Si/c1-13(2,3)15-17(16-14(4,5)6)12-10-8-7-9-11-12/h7-11H,1-6H3/q-1. The summed E-state index contributed by atoms with van der Waals surface area (Å²) >= 11 is 0. The quantitative estimate of drug-likeness (QED) is 0.769. The van der Waals surface area contributed by atoms with E-state index >= 15 is 0 Å². The molecule has 1 aromatic carbocycles. The smallest absolute Gasteiger partial charge is 0.0217 e. The van der Waals surface area contributed by atoms with Gasteiger partial charge in [0.05, 0.1) is 0 Å². The fourth-order valence-corrected chi connectivity index (χ4v) is 3.12. The highest BCUT2D eigenvalue weighted by Crippen LogP contribution is 2.15. The van der Waals surface area contributed by atoms with Crippen LogP contribution in [0.1, 0.15) is 41.5 Å². The van der Waals surface area contributed by atoms with E-state index in [4.69, 9.17) is 8.85 Å². The van der Waals surface area contributed by atoms with Gasteiger partial charge < -0.3 is 8.85 Å². The molecule has 0 bridgehead atoms. The van der Waals surface area contributed by atoms with Crippen LogP contribution in [0.2, 0.25) is 0 Å². The van der Waals surface area contributed by atoms with E-state index in [2.05, 4.69) is 53.7 Å². The van der Waals surface area contributed by atoms with Gasteiger partial charge in [-0.25, -0.2) is 0 Å². The van der Waals surface area contributed by atoms with Crippen LogP contribution < -0.4 is 5.19 Å². The highest BCUT2D eigenvalue weighted by atomic mass is 28.3. The average Bonchev–Trinajstić information content (AvgIpc) is 2.14. The summed E-state index contributed by atoms with van der Waals surface area (Å²) in [5.74, 6) is 0. The molecular formula is C14H23O2Si-. The molecule has 0 aliphatic heterocycles. The van der Waals surface area contributed by atoms with E-state index in [1.165, 1.54) is 0 Å². The number of hydrogen-bond donors (Lipinski definition) is 0. The topological polar surface area (TPSA) is 18.5 Å². The normalized spacial score (nSPS) is 12.6. The van der Waals surface area contributed by atoms with E-state index in [-0.39, 0.29) is 11.2 Å². The SMILES string of the molecule is CC(C)(C)O[Si-](OC(C)(C)C)c1ccccc1. The first-order valence-corrected chi connectivity index (χ1v) is 7.29. The van der Waals surface area contributed by atoms with E-state index in [0.29, 0.717) is 0 Å². The Labute approximate surface area is 107 Å². The van der Waals surface area contributed by atoms with Crippen LogP contribution in [-0.2, 0) is 8.85 Å². The van der Waals surface area contributed by atoms with Gasteiger partial charge in [-0.3, -0.25) is 0 Å². The second kappa shape index (κ2) is 5.34. The highest BCUT2D eigenvalue weighted by molar-refractivity contribution is 6.61. The lowest BCUT2D eigenvalue weighted by Crippen LogP contribution is -2.46. The number of hydrogen-bond acceptors (Lipinski definition) is 2. The molecule has 0 N–H and O–H groups in total. The molecule has 3 heteroatoms. The molecule has 0 atom stereocenters. The van der Waals surface area contributed by atoms with E-state index in [1.54, 1.807) is 0 Å². The molecule has 0 heterocycles. The maximum Gasteiger partial charge on any atom is 0.0217 e. The second-order valence-corrected chi connectivity index (χ2v) is 7.64. The van der Waals surface area contributed by atoms with Crippen LogP contribution in [0.5, 0.6) is 0 Å². The van der Waals surface area contributed by atoms with Gasteiger partial charge in [0.1, 0.15) is 0 Å². The van der Waals surface area contributed by atoms with Gasteiger partial charge in [-0.05, 0) is 41.5 Å². The predicted octanol–water partition coefficient (Wildman–Crippen LogP) is 3.01. The Bertz CT molecular complexity index is 319. The molecule has 0 saturated heterocycles. The summed E-state index contributed by atoms with van der Waals surface area (Å²) in [5.41, 5.74) is -0.370. The third-order valence-electron chi connectivity index (χ3n) is 1.81. The number of rotatable bonds is 3. The lowest BCUT2D eigenvalue weighted by atomic mass is 10.2. The third kappa shape index (κ3) is 6.01. The molecule has 1 aromatic rings. The molecule has 0 saturated carbocycles. The van der Waals surface area contributed by atoms with Crippen molar-refractivity contribution in [2.75, 3.05) is 0 Å². The van der Waals surface area contributed by atoms with Crippen molar-refractivity contribution in [2.45, 2.75) is 52.7 Å². The van der Waals surface area contributed by atoms with Gasteiger partial charge in [-0.2, -0.15) is 0 Å². The van der Waals surface area contributed by atoms with Crippen molar-refractivity contribution in [1.82, 2.24) is 0 Å². The molecule has 0 spiro atoms. The monoisotopic (exact) mass is 251 g/mol. The minimum absolute atomic E-state index is 0.185. The fourth-order valence-electron chi connectivity index (χ4n) is 1.27. The van der Waals surface area contributed by atoms with Crippen LogP contribution in [0.3, 0.4) is 0 Å². The van der Waals surface area contributed by atoms with Gasteiger partial charge in [0.15, 0.2) is 0 Å².